The first-order valence-electron chi connectivity index (χ1n) is 6.40. The summed E-state index contributed by atoms with van der Waals surface area (Å²) in [6, 6.07) is 7.69. The summed E-state index contributed by atoms with van der Waals surface area (Å²) in [5.41, 5.74) is 0.216. The predicted molar refractivity (Wildman–Crippen MR) is 71.3 cm³/mol. The van der Waals surface area contributed by atoms with Gasteiger partial charge in [0, 0.05) is 0 Å². The van der Waals surface area contributed by atoms with E-state index in [4.69, 9.17) is 4.74 Å². The van der Waals surface area contributed by atoms with Crippen LogP contribution in [0.15, 0.2) is 24.3 Å². The third-order valence-electron chi connectivity index (χ3n) is 3.55. The van der Waals surface area contributed by atoms with Crippen LogP contribution in [0.4, 0.5) is 0 Å². The zero-order chi connectivity index (χ0) is 12.9. The molecule has 1 rings (SSSR count). The monoisotopic (exact) mass is 236 g/mol. The normalized spacial score (nSPS) is 14.7. The lowest BCUT2D eigenvalue weighted by atomic mass is 9.84. The number of benzene rings is 1. The number of aliphatic hydroxyl groups is 1. The molecule has 1 N–H and O–H groups in total. The second kappa shape index (κ2) is 6.06. The molecule has 1 aromatic carbocycles. The number of hydrogen-bond acceptors (Lipinski definition) is 2. The third kappa shape index (κ3) is 3.74. The topological polar surface area (TPSA) is 29.5 Å². The predicted octanol–water partition coefficient (Wildman–Crippen LogP) is 3.73. The Hall–Kier alpha value is -1.02. The molecule has 0 aliphatic heterocycles. The molecule has 1 aromatic rings. The van der Waals surface area contributed by atoms with E-state index in [2.05, 4.69) is 13.8 Å². The highest BCUT2D eigenvalue weighted by Gasteiger charge is 2.25. The third-order valence-corrected chi connectivity index (χ3v) is 3.55. The lowest BCUT2D eigenvalue weighted by Crippen LogP contribution is -2.24. The molecule has 1 unspecified atom stereocenters. The van der Waals surface area contributed by atoms with Crippen molar-refractivity contribution in [1.29, 1.82) is 0 Å². The largest absolute Gasteiger partial charge is 0.497 e. The lowest BCUT2D eigenvalue weighted by Gasteiger charge is -2.28. The maximum Gasteiger partial charge on any atom is 0.118 e. The Labute approximate surface area is 105 Å². The van der Waals surface area contributed by atoms with Crippen molar-refractivity contribution in [3.63, 3.8) is 0 Å². The molecule has 2 heteroatoms. The Bertz CT molecular complexity index is 323. The van der Waals surface area contributed by atoms with E-state index in [9.17, 15) is 5.11 Å². The molecule has 0 heterocycles. The van der Waals surface area contributed by atoms with E-state index < -0.39 is 5.60 Å². The molecule has 0 aromatic heterocycles. The van der Waals surface area contributed by atoms with Crippen LogP contribution in [-0.4, -0.2) is 12.2 Å². The van der Waals surface area contributed by atoms with Crippen LogP contribution < -0.4 is 4.74 Å². The minimum Gasteiger partial charge on any atom is -0.497 e. The highest BCUT2D eigenvalue weighted by molar-refractivity contribution is 5.30. The first-order valence-corrected chi connectivity index (χ1v) is 6.40. The van der Waals surface area contributed by atoms with Crippen LogP contribution in [0.3, 0.4) is 0 Å². The van der Waals surface area contributed by atoms with Gasteiger partial charge in [0.2, 0.25) is 0 Å². The first kappa shape index (κ1) is 14.0. The van der Waals surface area contributed by atoms with Crippen LogP contribution in [0.1, 0.15) is 45.6 Å². The molecule has 0 saturated carbocycles. The SMILES string of the molecule is CCC(CC)CC(C)(O)c1ccc(OC)cc1. The van der Waals surface area contributed by atoms with Crippen LogP contribution >= 0.6 is 0 Å². The molecule has 0 fully saturated rings. The molecule has 0 radical (unpaired) electrons. The highest BCUT2D eigenvalue weighted by atomic mass is 16.5. The van der Waals surface area contributed by atoms with Gasteiger partial charge in [-0.1, -0.05) is 38.8 Å². The van der Waals surface area contributed by atoms with E-state index in [0.717, 1.165) is 30.6 Å². The number of rotatable bonds is 6. The molecule has 1 atom stereocenters. The zero-order valence-electron chi connectivity index (χ0n) is 11.4. The van der Waals surface area contributed by atoms with Crippen molar-refractivity contribution in [1.82, 2.24) is 0 Å². The number of methoxy groups -OCH3 is 1. The van der Waals surface area contributed by atoms with E-state index in [1.165, 1.54) is 0 Å². The molecule has 0 spiro atoms. The van der Waals surface area contributed by atoms with E-state index in [-0.39, 0.29) is 0 Å². The first-order chi connectivity index (χ1) is 8.03. The summed E-state index contributed by atoms with van der Waals surface area (Å²) in [7, 11) is 1.65. The number of hydrogen-bond donors (Lipinski definition) is 1. The van der Waals surface area contributed by atoms with E-state index >= 15 is 0 Å². The van der Waals surface area contributed by atoms with Gasteiger partial charge in [-0.3, -0.25) is 0 Å². The Morgan fingerprint density at radius 2 is 1.71 bits per heavy atom. The standard InChI is InChI=1S/C15H24O2/c1-5-12(6-2)11-15(3,16)13-7-9-14(17-4)10-8-13/h7-10,12,16H,5-6,11H2,1-4H3. The van der Waals surface area contributed by atoms with Gasteiger partial charge in [0.1, 0.15) is 5.75 Å². The summed E-state index contributed by atoms with van der Waals surface area (Å²) in [6.45, 7) is 6.25. The van der Waals surface area contributed by atoms with Gasteiger partial charge in [0.15, 0.2) is 0 Å². The Morgan fingerprint density at radius 1 is 1.18 bits per heavy atom. The molecule has 0 aliphatic carbocycles. The fraction of sp³-hybridized carbons (Fsp3) is 0.600. The molecule has 0 saturated heterocycles. The minimum absolute atomic E-state index is 0.576. The van der Waals surface area contributed by atoms with Crippen LogP contribution in [0.25, 0.3) is 0 Å². The minimum atomic E-state index is -0.747. The molecule has 0 bridgehead atoms. The van der Waals surface area contributed by atoms with Crippen LogP contribution in [-0.2, 0) is 5.60 Å². The molecular formula is C15H24O2. The van der Waals surface area contributed by atoms with Crippen molar-refractivity contribution in [3.05, 3.63) is 29.8 Å². The van der Waals surface area contributed by atoms with Gasteiger partial charge in [0.05, 0.1) is 12.7 Å². The van der Waals surface area contributed by atoms with Crippen LogP contribution in [0, 0.1) is 5.92 Å². The molecule has 2 nitrogen and oxygen atoms in total. The number of ether oxygens (including phenoxy) is 1. The van der Waals surface area contributed by atoms with Gasteiger partial charge in [0.25, 0.3) is 0 Å². The van der Waals surface area contributed by atoms with Gasteiger partial charge in [-0.25, -0.2) is 0 Å². The van der Waals surface area contributed by atoms with Gasteiger partial charge < -0.3 is 9.84 Å². The Balaban J connectivity index is 2.80. The van der Waals surface area contributed by atoms with Crippen molar-refractivity contribution in [3.8, 4) is 5.75 Å². The molecule has 0 aliphatic rings. The highest BCUT2D eigenvalue weighted by Crippen LogP contribution is 2.31. The van der Waals surface area contributed by atoms with E-state index in [1.54, 1.807) is 7.11 Å². The zero-order valence-corrected chi connectivity index (χ0v) is 11.4. The smallest absolute Gasteiger partial charge is 0.118 e. The van der Waals surface area contributed by atoms with Gasteiger partial charge in [-0.2, -0.15) is 0 Å². The van der Waals surface area contributed by atoms with Gasteiger partial charge >= 0.3 is 0 Å². The summed E-state index contributed by atoms with van der Waals surface area (Å²) in [6.07, 6.45) is 3.04. The van der Waals surface area contributed by atoms with Crippen molar-refractivity contribution in [2.24, 2.45) is 5.92 Å². The quantitative estimate of drug-likeness (QED) is 0.815. The van der Waals surface area contributed by atoms with Crippen LogP contribution in [0.2, 0.25) is 0 Å². The molecule has 96 valence electrons. The average Bonchev–Trinajstić information content (AvgIpc) is 2.36. The molecular weight excluding hydrogens is 212 g/mol. The maximum absolute atomic E-state index is 10.5. The van der Waals surface area contributed by atoms with Gasteiger partial charge in [-0.05, 0) is 37.0 Å². The fourth-order valence-electron chi connectivity index (χ4n) is 2.21. The summed E-state index contributed by atoms with van der Waals surface area (Å²) >= 11 is 0. The average molecular weight is 236 g/mol. The summed E-state index contributed by atoms with van der Waals surface area (Å²) < 4.78 is 5.12. The molecule has 0 amide bonds. The van der Waals surface area contributed by atoms with E-state index in [0.29, 0.717) is 5.92 Å². The van der Waals surface area contributed by atoms with Crippen molar-refractivity contribution < 1.29 is 9.84 Å². The van der Waals surface area contributed by atoms with Crippen molar-refractivity contribution in [2.45, 2.75) is 45.6 Å². The van der Waals surface area contributed by atoms with E-state index in [1.807, 2.05) is 31.2 Å². The second-order valence-corrected chi connectivity index (χ2v) is 4.89. The Morgan fingerprint density at radius 3 is 2.12 bits per heavy atom. The van der Waals surface area contributed by atoms with Gasteiger partial charge in [-0.15, -0.1) is 0 Å². The lowest BCUT2D eigenvalue weighted by molar-refractivity contribution is 0.0285. The van der Waals surface area contributed by atoms with Crippen molar-refractivity contribution in [2.75, 3.05) is 7.11 Å². The second-order valence-electron chi connectivity index (χ2n) is 4.89. The molecule has 17 heavy (non-hydrogen) atoms. The fourth-order valence-corrected chi connectivity index (χ4v) is 2.21. The van der Waals surface area contributed by atoms with Crippen LogP contribution in [0.5, 0.6) is 5.75 Å². The van der Waals surface area contributed by atoms with Crippen molar-refractivity contribution >= 4 is 0 Å². The maximum atomic E-state index is 10.5. The Kier molecular flexibility index (Phi) is 5.01. The summed E-state index contributed by atoms with van der Waals surface area (Å²) in [5.74, 6) is 1.40. The summed E-state index contributed by atoms with van der Waals surface area (Å²) in [5, 5.41) is 10.5. The summed E-state index contributed by atoms with van der Waals surface area (Å²) in [4.78, 5) is 0.